The number of benzene rings is 2. The fourth-order valence-electron chi connectivity index (χ4n) is 4.73. The molecule has 0 spiro atoms. The molecule has 1 saturated carbocycles. The third-order valence-corrected chi connectivity index (χ3v) is 7.00. The van der Waals surface area contributed by atoms with E-state index < -0.39 is 0 Å². The number of hydrogen-bond acceptors (Lipinski definition) is 4. The normalized spacial score (nSPS) is 21.0. The van der Waals surface area contributed by atoms with Crippen LogP contribution < -0.4 is 15.5 Å². The van der Waals surface area contributed by atoms with Crippen LogP contribution in [0.1, 0.15) is 47.6 Å². The molecule has 0 bridgehead atoms. The molecule has 0 aromatic heterocycles. The Morgan fingerprint density at radius 3 is 2.56 bits per heavy atom. The molecule has 2 amide bonds. The van der Waals surface area contributed by atoms with E-state index in [0.717, 1.165) is 62.3 Å². The highest BCUT2D eigenvalue weighted by Crippen LogP contribution is 2.35. The Labute approximate surface area is 193 Å². The summed E-state index contributed by atoms with van der Waals surface area (Å²) in [4.78, 5) is 30.4. The second-order valence-electron chi connectivity index (χ2n) is 8.93. The van der Waals surface area contributed by atoms with Gasteiger partial charge >= 0.3 is 0 Å². The predicted molar refractivity (Wildman–Crippen MR) is 127 cm³/mol. The fourth-order valence-corrected chi connectivity index (χ4v) is 4.99. The minimum Gasteiger partial charge on any atom is -0.371 e. The van der Waals surface area contributed by atoms with Crippen molar-refractivity contribution in [3.63, 3.8) is 0 Å². The van der Waals surface area contributed by atoms with Gasteiger partial charge in [0.2, 0.25) is 5.91 Å². The van der Waals surface area contributed by atoms with Crippen molar-refractivity contribution in [2.45, 2.75) is 31.7 Å². The molecule has 1 unspecified atom stereocenters. The summed E-state index contributed by atoms with van der Waals surface area (Å²) >= 11 is 6.49. The molecular weight excluding hydrogens is 424 g/mol. The SMILES string of the molecule is O=C(Nc1ccc(C(=O)N2CCNCC2c2ccccc2Cl)c(N2CCCC2)c1)C1CC1. The minimum absolute atomic E-state index is 0.0124. The minimum atomic E-state index is -0.120. The number of anilines is 2. The predicted octanol–water partition coefficient (Wildman–Crippen LogP) is 4.08. The van der Waals surface area contributed by atoms with Gasteiger partial charge in [-0.25, -0.2) is 0 Å². The van der Waals surface area contributed by atoms with Crippen molar-refractivity contribution >= 4 is 34.8 Å². The summed E-state index contributed by atoms with van der Waals surface area (Å²) in [6, 6.07) is 13.3. The van der Waals surface area contributed by atoms with Crippen molar-refractivity contribution in [2.24, 2.45) is 5.92 Å². The summed E-state index contributed by atoms with van der Waals surface area (Å²) in [6.07, 6.45) is 4.16. The second kappa shape index (κ2) is 9.12. The summed E-state index contributed by atoms with van der Waals surface area (Å²) in [5.74, 6) is 0.236. The van der Waals surface area contributed by atoms with Crippen LogP contribution in [0.25, 0.3) is 0 Å². The molecule has 1 atom stereocenters. The number of nitrogens with zero attached hydrogens (tertiary/aromatic N) is 2. The maximum absolute atomic E-state index is 13.9. The van der Waals surface area contributed by atoms with E-state index in [1.54, 1.807) is 0 Å². The van der Waals surface area contributed by atoms with E-state index in [0.29, 0.717) is 23.7 Å². The number of halogens is 1. The van der Waals surface area contributed by atoms with E-state index in [9.17, 15) is 9.59 Å². The molecule has 2 aromatic rings. The molecule has 168 valence electrons. The van der Waals surface area contributed by atoms with Crippen LogP contribution in [0.5, 0.6) is 0 Å². The topological polar surface area (TPSA) is 64.7 Å². The number of nitrogens with one attached hydrogen (secondary N) is 2. The van der Waals surface area contributed by atoms with E-state index in [1.165, 1.54) is 0 Å². The molecular formula is C25H29ClN4O2. The first kappa shape index (κ1) is 21.3. The molecule has 6 nitrogen and oxygen atoms in total. The number of piperazine rings is 1. The van der Waals surface area contributed by atoms with Gasteiger partial charge in [-0.3, -0.25) is 9.59 Å². The summed E-state index contributed by atoms with van der Waals surface area (Å²) in [6.45, 7) is 3.89. The Morgan fingerprint density at radius 2 is 1.81 bits per heavy atom. The lowest BCUT2D eigenvalue weighted by atomic mass is 10.0. The molecule has 1 aliphatic carbocycles. The molecule has 3 fully saturated rings. The summed E-state index contributed by atoms with van der Waals surface area (Å²) in [5.41, 5.74) is 3.34. The molecule has 2 N–H and O–H groups in total. The smallest absolute Gasteiger partial charge is 0.256 e. The molecule has 3 aliphatic rings. The molecule has 2 saturated heterocycles. The lowest BCUT2D eigenvalue weighted by Gasteiger charge is -2.37. The average molecular weight is 453 g/mol. The molecule has 2 aliphatic heterocycles. The highest BCUT2D eigenvalue weighted by Gasteiger charge is 2.33. The Kier molecular flexibility index (Phi) is 6.07. The maximum Gasteiger partial charge on any atom is 0.256 e. The van der Waals surface area contributed by atoms with E-state index in [2.05, 4.69) is 15.5 Å². The number of hydrogen-bond donors (Lipinski definition) is 2. The summed E-state index contributed by atoms with van der Waals surface area (Å²) in [5, 5.41) is 7.12. The van der Waals surface area contributed by atoms with Gasteiger partial charge < -0.3 is 20.4 Å². The van der Waals surface area contributed by atoms with Crippen LogP contribution in [-0.2, 0) is 4.79 Å². The number of rotatable bonds is 5. The van der Waals surface area contributed by atoms with E-state index in [1.807, 2.05) is 47.4 Å². The molecule has 2 aromatic carbocycles. The molecule has 32 heavy (non-hydrogen) atoms. The monoisotopic (exact) mass is 452 g/mol. The van der Waals surface area contributed by atoms with Crippen molar-refractivity contribution in [1.82, 2.24) is 10.2 Å². The van der Waals surface area contributed by atoms with Crippen LogP contribution in [0.3, 0.4) is 0 Å². The Morgan fingerprint density at radius 1 is 1.03 bits per heavy atom. The highest BCUT2D eigenvalue weighted by atomic mass is 35.5. The van der Waals surface area contributed by atoms with E-state index in [-0.39, 0.29) is 23.8 Å². The van der Waals surface area contributed by atoms with Crippen LogP contribution in [0.4, 0.5) is 11.4 Å². The van der Waals surface area contributed by atoms with E-state index >= 15 is 0 Å². The lowest BCUT2D eigenvalue weighted by molar-refractivity contribution is -0.117. The first-order valence-electron chi connectivity index (χ1n) is 11.6. The highest BCUT2D eigenvalue weighted by molar-refractivity contribution is 6.31. The zero-order valence-corrected chi connectivity index (χ0v) is 18.9. The van der Waals surface area contributed by atoms with Crippen LogP contribution in [0, 0.1) is 5.92 Å². The zero-order chi connectivity index (χ0) is 22.1. The number of carbonyl (C=O) groups excluding carboxylic acids is 2. The number of carbonyl (C=O) groups is 2. The van der Waals surface area contributed by atoms with Gasteiger partial charge in [0, 0.05) is 49.4 Å². The lowest BCUT2D eigenvalue weighted by Crippen LogP contribution is -2.49. The summed E-state index contributed by atoms with van der Waals surface area (Å²) in [7, 11) is 0. The summed E-state index contributed by atoms with van der Waals surface area (Å²) < 4.78 is 0. The van der Waals surface area contributed by atoms with Gasteiger partial charge in [-0.15, -0.1) is 0 Å². The fraction of sp³-hybridized carbons (Fsp3) is 0.440. The van der Waals surface area contributed by atoms with Gasteiger partial charge in [-0.05, 0) is 55.5 Å². The first-order chi connectivity index (χ1) is 15.6. The van der Waals surface area contributed by atoms with Crippen LogP contribution in [0.2, 0.25) is 5.02 Å². The molecule has 7 heteroatoms. The Balaban J connectivity index is 1.47. The van der Waals surface area contributed by atoms with Crippen LogP contribution >= 0.6 is 11.6 Å². The Bertz CT molecular complexity index is 1020. The van der Waals surface area contributed by atoms with Gasteiger partial charge in [0.25, 0.3) is 5.91 Å². The average Bonchev–Trinajstić information content (AvgIpc) is 3.53. The van der Waals surface area contributed by atoms with Gasteiger partial charge in [0.1, 0.15) is 0 Å². The zero-order valence-electron chi connectivity index (χ0n) is 18.1. The van der Waals surface area contributed by atoms with Crippen molar-refractivity contribution < 1.29 is 9.59 Å². The third kappa shape index (κ3) is 4.34. The van der Waals surface area contributed by atoms with Crippen LogP contribution in [0.15, 0.2) is 42.5 Å². The second-order valence-corrected chi connectivity index (χ2v) is 9.34. The quantitative estimate of drug-likeness (QED) is 0.717. The molecule has 5 rings (SSSR count). The third-order valence-electron chi connectivity index (χ3n) is 6.66. The van der Waals surface area contributed by atoms with Crippen molar-refractivity contribution in [3.05, 3.63) is 58.6 Å². The van der Waals surface area contributed by atoms with Crippen LogP contribution in [-0.4, -0.2) is 49.4 Å². The standard InChI is InChI=1S/C25H29ClN4O2/c26-21-6-2-1-5-19(21)23-16-27-11-14-30(23)25(32)20-10-9-18(28-24(31)17-7-8-17)15-22(20)29-12-3-4-13-29/h1-2,5-6,9-10,15,17,23,27H,3-4,7-8,11-14,16H2,(H,28,31). The first-order valence-corrected chi connectivity index (χ1v) is 12.0. The Hall–Kier alpha value is -2.57. The van der Waals surface area contributed by atoms with Crippen molar-refractivity contribution in [1.29, 1.82) is 0 Å². The van der Waals surface area contributed by atoms with Gasteiger partial charge in [0.05, 0.1) is 17.3 Å². The number of amides is 2. The molecule has 2 heterocycles. The van der Waals surface area contributed by atoms with E-state index in [4.69, 9.17) is 11.6 Å². The van der Waals surface area contributed by atoms with Crippen molar-refractivity contribution in [3.8, 4) is 0 Å². The molecule has 0 radical (unpaired) electrons. The van der Waals surface area contributed by atoms with Gasteiger partial charge in [-0.2, -0.15) is 0 Å². The maximum atomic E-state index is 13.9. The largest absolute Gasteiger partial charge is 0.371 e. The van der Waals surface area contributed by atoms with Gasteiger partial charge in [0.15, 0.2) is 0 Å². The van der Waals surface area contributed by atoms with Crippen molar-refractivity contribution in [2.75, 3.05) is 42.9 Å². The van der Waals surface area contributed by atoms with Gasteiger partial charge in [-0.1, -0.05) is 29.8 Å².